The predicted molar refractivity (Wildman–Crippen MR) is 129 cm³/mol. The van der Waals surface area contributed by atoms with Crippen molar-refractivity contribution >= 4 is 54.0 Å². The summed E-state index contributed by atoms with van der Waals surface area (Å²) < 4.78 is 33.7. The largest absolute Gasteiger partial charge is 0.494 e. The number of fused-ring (bicyclic) bond motifs is 1. The van der Waals surface area contributed by atoms with E-state index in [1.165, 1.54) is 30.6 Å². The van der Waals surface area contributed by atoms with E-state index in [-0.39, 0.29) is 0 Å². The predicted octanol–water partition coefficient (Wildman–Crippen LogP) is 4.07. The monoisotopic (exact) mass is 474 g/mol. The molecule has 0 saturated carbocycles. The van der Waals surface area contributed by atoms with Gasteiger partial charge in [0, 0.05) is 24.5 Å². The molecule has 2 aromatic carbocycles. The van der Waals surface area contributed by atoms with Gasteiger partial charge < -0.3 is 15.0 Å². The molecule has 4 rings (SSSR count). The van der Waals surface area contributed by atoms with Gasteiger partial charge in [-0.1, -0.05) is 11.3 Å². The van der Waals surface area contributed by atoms with E-state index >= 15 is 0 Å². The molecule has 0 radical (unpaired) electrons. The molecule has 2 heterocycles. The third-order valence-corrected chi connectivity index (χ3v) is 7.22. The molecule has 0 unspecified atom stereocenters. The summed E-state index contributed by atoms with van der Waals surface area (Å²) >= 11 is 1.27. The van der Waals surface area contributed by atoms with E-state index in [0.717, 1.165) is 29.2 Å². The Balaban J connectivity index is 1.35. The highest BCUT2D eigenvalue weighted by molar-refractivity contribution is 7.93. The van der Waals surface area contributed by atoms with Crippen molar-refractivity contribution < 1.29 is 17.9 Å². The Bertz CT molecular complexity index is 1190. The number of ether oxygens (including phenoxy) is 1. The number of rotatable bonds is 8. The average molecular weight is 475 g/mol. The zero-order chi connectivity index (χ0) is 22.6. The van der Waals surface area contributed by atoms with Crippen molar-refractivity contribution in [2.75, 3.05) is 40.4 Å². The third kappa shape index (κ3) is 5.68. The molecule has 2 N–H and O–H groups in total. The molecular weight excluding hydrogens is 448 g/mol. The second kappa shape index (κ2) is 9.74. The van der Waals surface area contributed by atoms with E-state index in [1.807, 2.05) is 31.2 Å². The lowest BCUT2D eigenvalue weighted by Crippen LogP contribution is -2.29. The van der Waals surface area contributed by atoms with Gasteiger partial charge in [0.1, 0.15) is 11.5 Å². The van der Waals surface area contributed by atoms with Crippen molar-refractivity contribution in [3.8, 4) is 5.75 Å². The molecule has 10 heteroatoms. The van der Waals surface area contributed by atoms with Crippen LogP contribution in [-0.4, -0.2) is 44.8 Å². The first-order valence-electron chi connectivity index (χ1n) is 10.6. The highest BCUT2D eigenvalue weighted by Gasteiger charge is 2.19. The minimum absolute atomic E-state index is 0.347. The van der Waals surface area contributed by atoms with Gasteiger partial charge in [-0.3, -0.25) is 9.52 Å². The van der Waals surface area contributed by atoms with Crippen molar-refractivity contribution in [1.82, 2.24) is 4.98 Å². The quantitative estimate of drug-likeness (QED) is 0.511. The highest BCUT2D eigenvalue weighted by Crippen LogP contribution is 2.29. The van der Waals surface area contributed by atoms with Crippen molar-refractivity contribution in [2.24, 2.45) is 0 Å². The Morgan fingerprint density at radius 1 is 1.12 bits per heavy atom. The van der Waals surface area contributed by atoms with Crippen LogP contribution in [0.15, 0.2) is 42.5 Å². The van der Waals surface area contributed by atoms with Gasteiger partial charge in [-0.05, 0) is 68.7 Å². The van der Waals surface area contributed by atoms with Gasteiger partial charge in [-0.25, -0.2) is 13.4 Å². The second-order valence-corrected chi connectivity index (χ2v) is 10.3. The van der Waals surface area contributed by atoms with Crippen molar-refractivity contribution in [3.05, 3.63) is 42.5 Å². The molecule has 1 amide bonds. The number of sulfonamides is 1. The van der Waals surface area contributed by atoms with Crippen molar-refractivity contribution in [2.45, 2.75) is 26.2 Å². The summed E-state index contributed by atoms with van der Waals surface area (Å²) in [4.78, 5) is 19.0. The summed E-state index contributed by atoms with van der Waals surface area (Å²) in [5, 5.41) is 2.93. The number of carbonyl (C=O) groups excluding carboxylic acids is 1. The molecule has 170 valence electrons. The van der Waals surface area contributed by atoms with Crippen LogP contribution in [0.2, 0.25) is 0 Å². The van der Waals surface area contributed by atoms with Gasteiger partial charge in [-0.2, -0.15) is 0 Å². The summed E-state index contributed by atoms with van der Waals surface area (Å²) in [6.45, 7) is 4.49. The fraction of sp³-hybridized carbons (Fsp3) is 0.364. The average Bonchev–Trinajstić information content (AvgIpc) is 3.15. The standard InChI is InChI=1S/C22H26N4O4S2/c1-2-30-18-10-11-19-20(14-18)31-22(23-19)24-21(27)15-32(28,29)25-16-6-8-17(9-7-16)26-12-4-3-5-13-26/h6-11,14,25H,2-5,12-13,15H2,1H3,(H,23,24,27). The normalized spacial score (nSPS) is 14.3. The lowest BCUT2D eigenvalue weighted by Gasteiger charge is -2.28. The summed E-state index contributed by atoms with van der Waals surface area (Å²) in [5.74, 6) is -0.618. The Morgan fingerprint density at radius 3 is 2.59 bits per heavy atom. The van der Waals surface area contributed by atoms with E-state index in [0.29, 0.717) is 22.9 Å². The molecule has 0 aliphatic carbocycles. The Morgan fingerprint density at radius 2 is 1.88 bits per heavy atom. The SMILES string of the molecule is CCOc1ccc2nc(NC(=O)CS(=O)(=O)Nc3ccc(N4CCCCC4)cc3)sc2c1. The number of hydrogen-bond donors (Lipinski definition) is 2. The number of hydrogen-bond acceptors (Lipinski definition) is 7. The highest BCUT2D eigenvalue weighted by atomic mass is 32.2. The minimum atomic E-state index is -3.85. The summed E-state index contributed by atoms with van der Waals surface area (Å²) in [7, 11) is -3.85. The molecule has 0 atom stereocenters. The van der Waals surface area contributed by atoms with Crippen LogP contribution >= 0.6 is 11.3 Å². The first-order valence-corrected chi connectivity index (χ1v) is 13.1. The zero-order valence-electron chi connectivity index (χ0n) is 17.8. The Kier molecular flexibility index (Phi) is 6.80. The zero-order valence-corrected chi connectivity index (χ0v) is 19.5. The Labute approximate surface area is 191 Å². The first kappa shape index (κ1) is 22.3. The Hall–Kier alpha value is -2.85. The van der Waals surface area contributed by atoms with Crippen LogP contribution in [-0.2, 0) is 14.8 Å². The maximum absolute atomic E-state index is 12.5. The number of nitrogens with one attached hydrogen (secondary N) is 2. The molecular formula is C22H26N4O4S2. The van der Waals surface area contributed by atoms with Crippen molar-refractivity contribution in [3.63, 3.8) is 0 Å². The smallest absolute Gasteiger partial charge is 0.243 e. The second-order valence-electron chi connectivity index (χ2n) is 7.59. The number of aromatic nitrogens is 1. The maximum Gasteiger partial charge on any atom is 0.243 e. The molecule has 3 aromatic rings. The lowest BCUT2D eigenvalue weighted by molar-refractivity contribution is -0.113. The molecule has 32 heavy (non-hydrogen) atoms. The number of piperidine rings is 1. The molecule has 8 nitrogen and oxygen atoms in total. The summed E-state index contributed by atoms with van der Waals surface area (Å²) in [6, 6.07) is 12.7. The number of benzene rings is 2. The summed E-state index contributed by atoms with van der Waals surface area (Å²) in [6.07, 6.45) is 3.60. The van der Waals surface area contributed by atoms with E-state index in [2.05, 4.69) is 19.9 Å². The van der Waals surface area contributed by atoms with Gasteiger partial charge in [0.25, 0.3) is 0 Å². The number of nitrogens with zero attached hydrogens (tertiary/aromatic N) is 2. The van der Waals surface area contributed by atoms with Crippen LogP contribution in [0.1, 0.15) is 26.2 Å². The molecule has 1 aromatic heterocycles. The van der Waals surface area contributed by atoms with Crippen LogP contribution in [0.4, 0.5) is 16.5 Å². The van der Waals surface area contributed by atoms with E-state index in [9.17, 15) is 13.2 Å². The molecule has 1 aliphatic rings. The van der Waals surface area contributed by atoms with Crippen LogP contribution in [0.25, 0.3) is 10.2 Å². The third-order valence-electron chi connectivity index (χ3n) is 5.10. The molecule has 0 spiro atoms. The number of amides is 1. The van der Waals surface area contributed by atoms with Crippen LogP contribution in [0.5, 0.6) is 5.75 Å². The number of anilines is 3. The fourth-order valence-electron chi connectivity index (χ4n) is 3.65. The van der Waals surface area contributed by atoms with E-state index in [1.54, 1.807) is 18.2 Å². The molecule has 0 bridgehead atoms. The minimum Gasteiger partial charge on any atom is -0.494 e. The van der Waals surface area contributed by atoms with E-state index < -0.39 is 21.7 Å². The van der Waals surface area contributed by atoms with Gasteiger partial charge >= 0.3 is 0 Å². The van der Waals surface area contributed by atoms with Gasteiger partial charge in [0.15, 0.2) is 5.13 Å². The van der Waals surface area contributed by atoms with Crippen LogP contribution in [0.3, 0.4) is 0 Å². The fourth-order valence-corrected chi connectivity index (χ4v) is 5.55. The maximum atomic E-state index is 12.5. The number of thiazole rings is 1. The number of carbonyl (C=O) groups is 1. The topological polar surface area (TPSA) is 101 Å². The molecule has 1 aliphatic heterocycles. The van der Waals surface area contributed by atoms with Gasteiger partial charge in [0.2, 0.25) is 15.9 Å². The van der Waals surface area contributed by atoms with Crippen LogP contribution in [0, 0.1) is 0 Å². The molecule has 1 fully saturated rings. The van der Waals surface area contributed by atoms with Crippen molar-refractivity contribution in [1.29, 1.82) is 0 Å². The molecule has 1 saturated heterocycles. The summed E-state index contributed by atoms with van der Waals surface area (Å²) in [5.41, 5.74) is 2.22. The lowest BCUT2D eigenvalue weighted by atomic mass is 10.1. The van der Waals surface area contributed by atoms with Crippen LogP contribution < -0.4 is 19.7 Å². The van der Waals surface area contributed by atoms with Gasteiger partial charge in [-0.15, -0.1) is 0 Å². The van der Waals surface area contributed by atoms with E-state index in [4.69, 9.17) is 4.74 Å². The van der Waals surface area contributed by atoms with Gasteiger partial charge in [0.05, 0.1) is 16.8 Å². The first-order chi connectivity index (χ1) is 15.4.